The van der Waals surface area contributed by atoms with E-state index in [2.05, 4.69) is 5.32 Å². The molecule has 0 bridgehead atoms. The number of fused-ring (bicyclic) bond motifs is 1. The number of anilines is 2. The van der Waals surface area contributed by atoms with Crippen LogP contribution in [-0.4, -0.2) is 37.4 Å². The second-order valence-electron chi connectivity index (χ2n) is 6.89. The molecule has 3 amide bonds. The fourth-order valence-electron chi connectivity index (χ4n) is 3.28. The van der Waals surface area contributed by atoms with Crippen LogP contribution in [0, 0.1) is 0 Å². The van der Waals surface area contributed by atoms with Crippen molar-refractivity contribution in [2.75, 3.05) is 23.9 Å². The molecule has 3 aromatic rings. The summed E-state index contributed by atoms with van der Waals surface area (Å²) in [5, 5.41) is 2.61. The second kappa shape index (κ2) is 8.73. The summed E-state index contributed by atoms with van der Waals surface area (Å²) >= 11 is 0. The summed E-state index contributed by atoms with van der Waals surface area (Å²) in [6, 6.07) is 19.2. The summed E-state index contributed by atoms with van der Waals surface area (Å²) in [6.07, 6.45) is 0. The molecule has 8 nitrogen and oxygen atoms in total. The van der Waals surface area contributed by atoms with Crippen LogP contribution in [0.25, 0.3) is 0 Å². The van der Waals surface area contributed by atoms with E-state index in [-0.39, 0.29) is 5.56 Å². The van der Waals surface area contributed by atoms with Crippen molar-refractivity contribution in [3.63, 3.8) is 0 Å². The minimum Gasteiger partial charge on any atom is -0.497 e. The lowest BCUT2D eigenvalue weighted by Crippen LogP contribution is -2.29. The highest BCUT2D eigenvalue weighted by molar-refractivity contribution is 6.34. The number of methoxy groups -OCH3 is 1. The first-order valence-electron chi connectivity index (χ1n) is 9.67. The van der Waals surface area contributed by atoms with Gasteiger partial charge in [0.25, 0.3) is 17.7 Å². The normalized spacial score (nSPS) is 12.3. The van der Waals surface area contributed by atoms with Crippen molar-refractivity contribution in [2.45, 2.75) is 0 Å². The molecular weight excluding hydrogens is 412 g/mol. The van der Waals surface area contributed by atoms with Crippen LogP contribution in [-0.2, 0) is 9.53 Å². The van der Waals surface area contributed by atoms with E-state index in [1.165, 1.54) is 31.4 Å². The maximum absolute atomic E-state index is 12.6. The summed E-state index contributed by atoms with van der Waals surface area (Å²) in [7, 11) is 1.52. The molecule has 1 aliphatic rings. The van der Waals surface area contributed by atoms with E-state index < -0.39 is 30.3 Å². The molecule has 0 fully saturated rings. The molecule has 0 aromatic heterocycles. The van der Waals surface area contributed by atoms with Gasteiger partial charge in [0.05, 0.1) is 29.5 Å². The Labute approximate surface area is 183 Å². The van der Waals surface area contributed by atoms with Crippen LogP contribution in [0.4, 0.5) is 11.4 Å². The van der Waals surface area contributed by atoms with Crippen molar-refractivity contribution in [1.82, 2.24) is 0 Å². The number of amides is 3. The Morgan fingerprint density at radius 2 is 1.53 bits per heavy atom. The molecule has 0 saturated heterocycles. The Hall–Kier alpha value is -4.46. The Balaban J connectivity index is 1.37. The van der Waals surface area contributed by atoms with Gasteiger partial charge in [-0.1, -0.05) is 18.2 Å². The maximum atomic E-state index is 12.6. The number of esters is 1. The van der Waals surface area contributed by atoms with Crippen molar-refractivity contribution < 1.29 is 28.7 Å². The van der Waals surface area contributed by atoms with Gasteiger partial charge < -0.3 is 14.8 Å². The fraction of sp³-hybridized carbons (Fsp3) is 0.0833. The third-order valence-corrected chi connectivity index (χ3v) is 4.84. The van der Waals surface area contributed by atoms with Crippen LogP contribution in [0.2, 0.25) is 0 Å². The molecule has 4 rings (SSSR count). The number of benzene rings is 3. The molecule has 1 N–H and O–H groups in total. The smallest absolute Gasteiger partial charge is 0.338 e. The molecular formula is C24H18N2O6. The number of hydrogen-bond donors (Lipinski definition) is 1. The van der Waals surface area contributed by atoms with Crippen LogP contribution in [0.15, 0.2) is 72.8 Å². The average molecular weight is 430 g/mol. The SMILES string of the molecule is COc1cccc(NC(=O)COC(=O)c2ccc(N3C(=O)c4ccccc4C3=O)cc2)c1. The highest BCUT2D eigenvalue weighted by Crippen LogP contribution is 2.28. The van der Waals surface area contributed by atoms with Gasteiger partial charge in [0.15, 0.2) is 6.61 Å². The molecule has 0 saturated carbocycles. The molecule has 3 aromatic carbocycles. The molecule has 32 heavy (non-hydrogen) atoms. The Morgan fingerprint density at radius 1 is 0.875 bits per heavy atom. The Morgan fingerprint density at radius 3 is 2.16 bits per heavy atom. The summed E-state index contributed by atoms with van der Waals surface area (Å²) in [5.74, 6) is -1.47. The zero-order chi connectivity index (χ0) is 22.7. The van der Waals surface area contributed by atoms with Crippen LogP contribution < -0.4 is 15.0 Å². The van der Waals surface area contributed by atoms with Crippen molar-refractivity contribution in [2.24, 2.45) is 0 Å². The van der Waals surface area contributed by atoms with E-state index in [9.17, 15) is 19.2 Å². The Bertz CT molecular complexity index is 1180. The van der Waals surface area contributed by atoms with Crippen molar-refractivity contribution in [3.8, 4) is 5.75 Å². The minimum absolute atomic E-state index is 0.180. The first-order chi connectivity index (χ1) is 15.5. The highest BCUT2D eigenvalue weighted by Gasteiger charge is 2.36. The molecule has 160 valence electrons. The lowest BCUT2D eigenvalue weighted by molar-refractivity contribution is -0.119. The lowest BCUT2D eigenvalue weighted by Gasteiger charge is -2.14. The summed E-state index contributed by atoms with van der Waals surface area (Å²) < 4.78 is 10.1. The van der Waals surface area contributed by atoms with Crippen molar-refractivity contribution >= 4 is 35.1 Å². The summed E-state index contributed by atoms with van der Waals surface area (Å²) in [5.41, 5.74) is 1.70. The number of hydrogen-bond acceptors (Lipinski definition) is 6. The maximum Gasteiger partial charge on any atom is 0.338 e. The number of rotatable bonds is 6. The number of nitrogens with one attached hydrogen (secondary N) is 1. The monoisotopic (exact) mass is 430 g/mol. The van der Waals surface area contributed by atoms with Gasteiger partial charge in [-0.25, -0.2) is 9.69 Å². The van der Waals surface area contributed by atoms with Crippen molar-refractivity contribution in [1.29, 1.82) is 0 Å². The fourth-order valence-corrected chi connectivity index (χ4v) is 3.28. The number of carbonyl (C=O) groups excluding carboxylic acids is 4. The van der Waals surface area contributed by atoms with Gasteiger partial charge >= 0.3 is 5.97 Å². The highest BCUT2D eigenvalue weighted by atomic mass is 16.5. The molecule has 1 aliphatic heterocycles. The second-order valence-corrected chi connectivity index (χ2v) is 6.89. The van der Waals surface area contributed by atoms with E-state index >= 15 is 0 Å². The van der Waals surface area contributed by atoms with Crippen LogP contribution in [0.3, 0.4) is 0 Å². The first-order valence-corrected chi connectivity index (χ1v) is 9.67. The van der Waals surface area contributed by atoms with E-state index in [0.717, 1.165) is 4.90 Å². The minimum atomic E-state index is -0.709. The largest absolute Gasteiger partial charge is 0.497 e. The van der Waals surface area contributed by atoms with Crippen LogP contribution in [0.1, 0.15) is 31.1 Å². The summed E-state index contributed by atoms with van der Waals surface area (Å²) in [4.78, 5) is 50.5. The van der Waals surface area contributed by atoms with Crippen molar-refractivity contribution in [3.05, 3.63) is 89.5 Å². The van der Waals surface area contributed by atoms with Gasteiger partial charge in [-0.3, -0.25) is 14.4 Å². The molecule has 0 spiro atoms. The molecule has 1 heterocycles. The Kier molecular flexibility index (Phi) is 5.67. The van der Waals surface area contributed by atoms with Gasteiger partial charge in [0.1, 0.15) is 5.75 Å². The molecule has 0 radical (unpaired) electrons. The van der Waals surface area contributed by atoms with E-state index in [1.54, 1.807) is 48.5 Å². The third kappa shape index (κ3) is 4.06. The standard InChI is InChI=1S/C24H18N2O6/c1-31-18-6-4-5-16(13-18)25-21(27)14-32-24(30)15-9-11-17(12-10-15)26-22(28)19-7-2-3-8-20(19)23(26)29/h2-13H,14H2,1H3,(H,25,27). The zero-order valence-electron chi connectivity index (χ0n) is 17.0. The van der Waals surface area contributed by atoms with E-state index in [4.69, 9.17) is 9.47 Å². The first kappa shape index (κ1) is 20.8. The van der Waals surface area contributed by atoms with Crippen LogP contribution >= 0.6 is 0 Å². The van der Waals surface area contributed by atoms with Gasteiger partial charge in [-0.05, 0) is 48.5 Å². The zero-order valence-corrected chi connectivity index (χ0v) is 17.0. The number of nitrogens with zero attached hydrogens (tertiary/aromatic N) is 1. The quantitative estimate of drug-likeness (QED) is 0.476. The lowest BCUT2D eigenvalue weighted by atomic mass is 10.1. The number of carbonyl (C=O) groups is 4. The van der Waals surface area contributed by atoms with Crippen LogP contribution in [0.5, 0.6) is 5.75 Å². The summed E-state index contributed by atoms with van der Waals surface area (Å²) in [6.45, 7) is -0.476. The molecule has 8 heteroatoms. The predicted molar refractivity (Wildman–Crippen MR) is 116 cm³/mol. The number of ether oxygens (including phenoxy) is 2. The molecule has 0 unspecified atom stereocenters. The third-order valence-electron chi connectivity index (χ3n) is 4.84. The molecule has 0 aliphatic carbocycles. The number of imide groups is 1. The van der Waals surface area contributed by atoms with E-state index in [0.29, 0.717) is 28.3 Å². The topological polar surface area (TPSA) is 102 Å². The predicted octanol–water partition coefficient (Wildman–Crippen LogP) is 3.29. The van der Waals surface area contributed by atoms with Gasteiger partial charge in [-0.2, -0.15) is 0 Å². The van der Waals surface area contributed by atoms with E-state index in [1.807, 2.05) is 0 Å². The molecule has 0 atom stereocenters. The van der Waals surface area contributed by atoms with Gasteiger partial charge in [0.2, 0.25) is 0 Å². The van der Waals surface area contributed by atoms with Gasteiger partial charge in [-0.15, -0.1) is 0 Å². The van der Waals surface area contributed by atoms with Gasteiger partial charge in [0, 0.05) is 11.8 Å². The average Bonchev–Trinajstić information content (AvgIpc) is 3.08.